The van der Waals surface area contributed by atoms with Gasteiger partial charge in [0.2, 0.25) is 0 Å². The van der Waals surface area contributed by atoms with Crippen molar-refractivity contribution in [2.24, 2.45) is 0 Å². The molecule has 0 unspecified atom stereocenters. The smallest absolute Gasteiger partial charge is 0.251 e. The monoisotopic (exact) mass is 288 g/mol. The van der Waals surface area contributed by atoms with E-state index in [1.807, 2.05) is 19.1 Å². The van der Waals surface area contributed by atoms with E-state index in [1.165, 1.54) is 4.88 Å². The Morgan fingerprint density at radius 2 is 2.10 bits per heavy atom. The molecular weight excluding hydrogens is 268 g/mol. The van der Waals surface area contributed by atoms with Crippen molar-refractivity contribution in [3.63, 3.8) is 0 Å². The molecule has 0 radical (unpaired) electrons. The normalized spacial score (nSPS) is 11.3. The first kappa shape index (κ1) is 14.6. The van der Waals surface area contributed by atoms with Crippen molar-refractivity contribution in [3.05, 3.63) is 51.7 Å². The number of hydrogen-bond acceptors (Lipinski definition) is 3. The van der Waals surface area contributed by atoms with Crippen molar-refractivity contribution < 1.29 is 4.79 Å². The minimum atomic E-state index is -0.0628. The zero-order chi connectivity index (χ0) is 14.8. The van der Waals surface area contributed by atoms with Gasteiger partial charge >= 0.3 is 0 Å². The number of amides is 1. The predicted octanol–water partition coefficient (Wildman–Crippen LogP) is 3.35. The lowest BCUT2D eigenvalue weighted by atomic mass is 9.91. The largest absolute Gasteiger partial charge is 0.399 e. The topological polar surface area (TPSA) is 55.1 Å². The molecule has 0 saturated heterocycles. The fraction of sp³-hybridized carbons (Fsp3) is 0.312. The van der Waals surface area contributed by atoms with Crippen LogP contribution >= 0.6 is 11.3 Å². The Balaban J connectivity index is 2.03. The molecule has 0 aliphatic heterocycles. The quantitative estimate of drug-likeness (QED) is 0.848. The molecule has 0 spiro atoms. The first-order chi connectivity index (χ1) is 9.40. The zero-order valence-electron chi connectivity index (χ0n) is 12.1. The number of carbonyl (C=O) groups excluding carboxylic acids is 1. The number of rotatable bonds is 4. The second kappa shape index (κ2) is 5.67. The van der Waals surface area contributed by atoms with Crippen molar-refractivity contribution in [3.8, 4) is 0 Å². The SMILES string of the molecule is Cc1cc(C(=O)NCC(C)(C)c2cccs2)ccc1N. The molecule has 20 heavy (non-hydrogen) atoms. The summed E-state index contributed by atoms with van der Waals surface area (Å²) >= 11 is 1.71. The van der Waals surface area contributed by atoms with Gasteiger partial charge in [-0.05, 0) is 42.1 Å². The molecule has 0 atom stereocenters. The van der Waals surface area contributed by atoms with E-state index < -0.39 is 0 Å². The van der Waals surface area contributed by atoms with Gasteiger partial charge in [0.1, 0.15) is 0 Å². The highest BCUT2D eigenvalue weighted by Gasteiger charge is 2.22. The van der Waals surface area contributed by atoms with E-state index >= 15 is 0 Å². The Kier molecular flexibility index (Phi) is 4.14. The lowest BCUT2D eigenvalue weighted by molar-refractivity contribution is 0.0946. The lowest BCUT2D eigenvalue weighted by Gasteiger charge is -2.23. The van der Waals surface area contributed by atoms with E-state index in [0.717, 1.165) is 5.56 Å². The van der Waals surface area contributed by atoms with Gasteiger partial charge in [0.05, 0.1) is 0 Å². The van der Waals surface area contributed by atoms with E-state index in [1.54, 1.807) is 23.5 Å². The van der Waals surface area contributed by atoms with Crippen LogP contribution in [0.4, 0.5) is 5.69 Å². The highest BCUT2D eigenvalue weighted by Crippen LogP contribution is 2.26. The third-order valence-corrected chi connectivity index (χ3v) is 4.65. The van der Waals surface area contributed by atoms with Crippen LogP contribution in [0.5, 0.6) is 0 Å². The molecular formula is C16H20N2OS. The molecule has 106 valence electrons. The molecule has 3 N–H and O–H groups in total. The maximum absolute atomic E-state index is 12.2. The van der Waals surface area contributed by atoms with Crippen molar-refractivity contribution in [1.82, 2.24) is 5.32 Å². The Hall–Kier alpha value is -1.81. The summed E-state index contributed by atoms with van der Waals surface area (Å²) in [6, 6.07) is 9.49. The van der Waals surface area contributed by atoms with E-state index in [0.29, 0.717) is 17.8 Å². The van der Waals surface area contributed by atoms with Gasteiger partial charge in [-0.2, -0.15) is 0 Å². The van der Waals surface area contributed by atoms with Gasteiger partial charge in [0, 0.05) is 28.1 Å². The van der Waals surface area contributed by atoms with Crippen LogP contribution in [0, 0.1) is 6.92 Å². The Morgan fingerprint density at radius 3 is 2.70 bits per heavy atom. The molecule has 2 rings (SSSR count). The van der Waals surface area contributed by atoms with E-state index in [-0.39, 0.29) is 11.3 Å². The van der Waals surface area contributed by atoms with Crippen molar-refractivity contribution in [2.45, 2.75) is 26.2 Å². The second-order valence-electron chi connectivity index (χ2n) is 5.62. The van der Waals surface area contributed by atoms with Crippen LogP contribution in [0.1, 0.15) is 34.6 Å². The summed E-state index contributed by atoms with van der Waals surface area (Å²) in [4.78, 5) is 13.4. The lowest BCUT2D eigenvalue weighted by Crippen LogP contribution is -2.36. The molecule has 4 heteroatoms. The molecule has 1 heterocycles. The predicted molar refractivity (Wildman–Crippen MR) is 85.3 cm³/mol. The number of nitrogens with one attached hydrogen (secondary N) is 1. The summed E-state index contributed by atoms with van der Waals surface area (Å²) in [5, 5.41) is 5.06. The third kappa shape index (κ3) is 3.20. The molecule has 0 aliphatic rings. The number of thiophene rings is 1. The second-order valence-corrected chi connectivity index (χ2v) is 6.56. The molecule has 0 fully saturated rings. The number of aryl methyl sites for hydroxylation is 1. The van der Waals surface area contributed by atoms with Crippen molar-refractivity contribution in [2.75, 3.05) is 12.3 Å². The number of benzene rings is 1. The first-order valence-electron chi connectivity index (χ1n) is 6.58. The number of nitrogens with two attached hydrogens (primary N) is 1. The summed E-state index contributed by atoms with van der Waals surface area (Å²) in [6.45, 7) is 6.78. The average molecular weight is 288 g/mol. The van der Waals surface area contributed by atoms with Gasteiger partial charge < -0.3 is 11.1 Å². The van der Waals surface area contributed by atoms with Crippen LogP contribution in [0.3, 0.4) is 0 Å². The van der Waals surface area contributed by atoms with Crippen molar-refractivity contribution in [1.29, 1.82) is 0 Å². The minimum Gasteiger partial charge on any atom is -0.399 e. The van der Waals surface area contributed by atoms with E-state index in [2.05, 4.69) is 30.6 Å². The van der Waals surface area contributed by atoms with Gasteiger partial charge in [-0.25, -0.2) is 0 Å². The Morgan fingerprint density at radius 1 is 1.35 bits per heavy atom. The molecule has 2 aromatic rings. The summed E-state index contributed by atoms with van der Waals surface area (Å²) < 4.78 is 0. The number of hydrogen-bond donors (Lipinski definition) is 2. The van der Waals surface area contributed by atoms with Crippen molar-refractivity contribution >= 4 is 22.9 Å². The van der Waals surface area contributed by atoms with Gasteiger partial charge in [-0.15, -0.1) is 11.3 Å². The molecule has 1 aromatic heterocycles. The fourth-order valence-electron chi connectivity index (χ4n) is 1.97. The number of nitrogen functional groups attached to an aromatic ring is 1. The number of carbonyl (C=O) groups is 1. The maximum atomic E-state index is 12.2. The van der Waals surface area contributed by atoms with Gasteiger partial charge in [-0.3, -0.25) is 4.79 Å². The highest BCUT2D eigenvalue weighted by atomic mass is 32.1. The van der Waals surface area contributed by atoms with Crippen LogP contribution < -0.4 is 11.1 Å². The van der Waals surface area contributed by atoms with Crippen LogP contribution in [-0.2, 0) is 5.41 Å². The Labute approximate surface area is 123 Å². The van der Waals surface area contributed by atoms with E-state index in [4.69, 9.17) is 5.73 Å². The zero-order valence-corrected chi connectivity index (χ0v) is 12.9. The molecule has 1 aromatic carbocycles. The summed E-state index contributed by atoms with van der Waals surface area (Å²) in [6.07, 6.45) is 0. The van der Waals surface area contributed by atoms with Crippen LogP contribution in [0.25, 0.3) is 0 Å². The average Bonchev–Trinajstić information content (AvgIpc) is 2.94. The Bertz CT molecular complexity index is 603. The van der Waals surface area contributed by atoms with Gasteiger partial charge in [0.25, 0.3) is 5.91 Å². The third-order valence-electron chi connectivity index (χ3n) is 3.41. The number of anilines is 1. The van der Waals surface area contributed by atoms with Gasteiger partial charge in [-0.1, -0.05) is 19.9 Å². The van der Waals surface area contributed by atoms with Crippen LogP contribution in [-0.4, -0.2) is 12.5 Å². The maximum Gasteiger partial charge on any atom is 0.251 e. The highest BCUT2D eigenvalue weighted by molar-refractivity contribution is 7.10. The molecule has 0 aliphatic carbocycles. The van der Waals surface area contributed by atoms with E-state index in [9.17, 15) is 4.79 Å². The summed E-state index contributed by atoms with van der Waals surface area (Å²) in [5.41, 5.74) is 7.99. The molecule has 1 amide bonds. The summed E-state index contributed by atoms with van der Waals surface area (Å²) in [5.74, 6) is -0.0577. The minimum absolute atomic E-state index is 0.0577. The molecule has 3 nitrogen and oxygen atoms in total. The first-order valence-corrected chi connectivity index (χ1v) is 7.46. The van der Waals surface area contributed by atoms with Crippen LogP contribution in [0.15, 0.2) is 35.7 Å². The fourth-order valence-corrected chi connectivity index (χ4v) is 2.82. The van der Waals surface area contributed by atoms with Crippen LogP contribution in [0.2, 0.25) is 0 Å². The molecule has 0 saturated carbocycles. The summed E-state index contributed by atoms with van der Waals surface area (Å²) in [7, 11) is 0. The molecule has 0 bridgehead atoms. The standard InChI is InChI=1S/C16H20N2OS/c1-11-9-12(6-7-13(11)17)15(19)18-10-16(2,3)14-5-4-8-20-14/h4-9H,10,17H2,1-3H3,(H,18,19). The van der Waals surface area contributed by atoms with Gasteiger partial charge in [0.15, 0.2) is 0 Å².